The normalized spacial score (nSPS) is 12.2. The van der Waals surface area contributed by atoms with Crippen molar-refractivity contribution in [3.05, 3.63) is 89.5 Å². The smallest absolute Gasteiger partial charge is 0.126 e. The van der Waals surface area contributed by atoms with Crippen molar-refractivity contribution in [3.8, 4) is 0 Å². The van der Waals surface area contributed by atoms with Crippen LogP contribution in [0.25, 0.3) is 10.9 Å². The summed E-state index contributed by atoms with van der Waals surface area (Å²) in [6.07, 6.45) is 5.50. The molecule has 0 bridgehead atoms. The lowest BCUT2D eigenvalue weighted by Gasteiger charge is -2.21. The molecule has 1 atom stereocenters. The molecule has 4 nitrogen and oxygen atoms in total. The van der Waals surface area contributed by atoms with Crippen LogP contribution in [-0.2, 0) is 0 Å². The van der Waals surface area contributed by atoms with Crippen molar-refractivity contribution in [1.82, 2.24) is 15.0 Å². The van der Waals surface area contributed by atoms with Gasteiger partial charge >= 0.3 is 0 Å². The molecule has 4 aromatic rings. The van der Waals surface area contributed by atoms with Crippen LogP contribution in [0.2, 0.25) is 0 Å². The fourth-order valence-corrected chi connectivity index (χ4v) is 3.31. The van der Waals surface area contributed by atoms with Gasteiger partial charge in [-0.05, 0) is 55.3 Å². The van der Waals surface area contributed by atoms with Crippen molar-refractivity contribution in [2.75, 3.05) is 5.32 Å². The Morgan fingerprint density at radius 1 is 0.960 bits per heavy atom. The molecule has 3 heterocycles. The molecule has 1 unspecified atom stereocenters. The van der Waals surface area contributed by atoms with E-state index in [2.05, 4.69) is 76.6 Å². The first-order valence-electron chi connectivity index (χ1n) is 8.38. The SMILES string of the molecule is Cc1ccnc(NC(c2ccncc2)c2c(C)[nH]c3ccccc23)c1. The number of nitrogens with one attached hydrogen (secondary N) is 2. The monoisotopic (exact) mass is 328 g/mol. The molecule has 0 saturated carbocycles. The standard InChI is InChI=1S/C21H20N4/c1-14-7-12-23-19(13-14)25-21(16-8-10-22-11-9-16)20-15(2)24-18-6-4-3-5-17(18)20/h3-13,21,24H,1-2H3,(H,23,25). The highest BCUT2D eigenvalue weighted by atomic mass is 15.0. The number of benzene rings is 1. The zero-order valence-corrected chi connectivity index (χ0v) is 14.3. The van der Waals surface area contributed by atoms with E-state index in [1.54, 1.807) is 0 Å². The molecule has 0 saturated heterocycles. The molecule has 25 heavy (non-hydrogen) atoms. The number of para-hydroxylation sites is 1. The van der Waals surface area contributed by atoms with Crippen LogP contribution in [0.5, 0.6) is 0 Å². The Balaban J connectivity index is 1.87. The molecule has 1 aromatic carbocycles. The second kappa shape index (κ2) is 6.40. The van der Waals surface area contributed by atoms with Gasteiger partial charge in [0, 0.05) is 40.8 Å². The summed E-state index contributed by atoms with van der Waals surface area (Å²) in [6, 6.07) is 16.6. The maximum absolute atomic E-state index is 4.49. The Labute approximate surface area is 147 Å². The summed E-state index contributed by atoms with van der Waals surface area (Å²) in [5.41, 5.74) is 5.88. The van der Waals surface area contributed by atoms with Crippen LogP contribution in [0.1, 0.15) is 28.4 Å². The van der Waals surface area contributed by atoms with Gasteiger partial charge in [-0.1, -0.05) is 18.2 Å². The highest BCUT2D eigenvalue weighted by Gasteiger charge is 2.21. The lowest BCUT2D eigenvalue weighted by atomic mass is 9.96. The molecular weight excluding hydrogens is 308 g/mol. The number of H-pyrrole nitrogens is 1. The quantitative estimate of drug-likeness (QED) is 0.567. The number of fused-ring (bicyclic) bond motifs is 1. The average Bonchev–Trinajstić information content (AvgIpc) is 2.96. The van der Waals surface area contributed by atoms with Crippen LogP contribution >= 0.6 is 0 Å². The van der Waals surface area contributed by atoms with Crippen molar-refractivity contribution in [2.24, 2.45) is 0 Å². The Bertz CT molecular complexity index is 1000. The van der Waals surface area contributed by atoms with Gasteiger partial charge in [-0.3, -0.25) is 4.98 Å². The van der Waals surface area contributed by atoms with E-state index in [4.69, 9.17) is 0 Å². The number of aryl methyl sites for hydroxylation is 2. The lowest BCUT2D eigenvalue weighted by Crippen LogP contribution is -2.14. The number of hydrogen-bond acceptors (Lipinski definition) is 3. The second-order valence-corrected chi connectivity index (χ2v) is 6.29. The highest BCUT2D eigenvalue weighted by Crippen LogP contribution is 2.34. The van der Waals surface area contributed by atoms with Crippen molar-refractivity contribution in [1.29, 1.82) is 0 Å². The topological polar surface area (TPSA) is 53.6 Å². The van der Waals surface area contributed by atoms with Crippen molar-refractivity contribution in [3.63, 3.8) is 0 Å². The number of aromatic amines is 1. The number of aromatic nitrogens is 3. The average molecular weight is 328 g/mol. The number of nitrogens with zero attached hydrogens (tertiary/aromatic N) is 2. The molecule has 0 aliphatic heterocycles. The van der Waals surface area contributed by atoms with Gasteiger partial charge in [0.05, 0.1) is 6.04 Å². The Morgan fingerprint density at radius 3 is 2.56 bits per heavy atom. The van der Waals surface area contributed by atoms with Gasteiger partial charge in [-0.2, -0.15) is 0 Å². The molecule has 4 heteroatoms. The van der Waals surface area contributed by atoms with Gasteiger partial charge in [-0.15, -0.1) is 0 Å². The van der Waals surface area contributed by atoms with Crippen LogP contribution < -0.4 is 5.32 Å². The second-order valence-electron chi connectivity index (χ2n) is 6.29. The molecular formula is C21H20N4. The summed E-state index contributed by atoms with van der Waals surface area (Å²) >= 11 is 0. The summed E-state index contributed by atoms with van der Waals surface area (Å²) in [5.74, 6) is 0.867. The number of rotatable bonds is 4. The Morgan fingerprint density at radius 2 is 1.76 bits per heavy atom. The predicted molar refractivity (Wildman–Crippen MR) is 102 cm³/mol. The van der Waals surface area contributed by atoms with Gasteiger partial charge in [0.2, 0.25) is 0 Å². The van der Waals surface area contributed by atoms with Crippen LogP contribution in [0, 0.1) is 13.8 Å². The maximum Gasteiger partial charge on any atom is 0.126 e. The van der Waals surface area contributed by atoms with E-state index in [0.717, 1.165) is 22.6 Å². The van der Waals surface area contributed by atoms with E-state index in [9.17, 15) is 0 Å². The minimum absolute atomic E-state index is 0.00606. The van der Waals surface area contributed by atoms with Gasteiger partial charge in [0.1, 0.15) is 5.82 Å². The first-order chi connectivity index (χ1) is 12.2. The first kappa shape index (κ1) is 15.4. The van der Waals surface area contributed by atoms with E-state index >= 15 is 0 Å². The molecule has 4 rings (SSSR count). The van der Waals surface area contributed by atoms with Gasteiger partial charge < -0.3 is 10.3 Å². The van der Waals surface area contributed by atoms with Crippen LogP contribution in [0.3, 0.4) is 0 Å². The van der Waals surface area contributed by atoms with Crippen LogP contribution in [0.15, 0.2) is 67.1 Å². The molecule has 3 aromatic heterocycles. The largest absolute Gasteiger partial charge is 0.359 e. The summed E-state index contributed by atoms with van der Waals surface area (Å²) in [4.78, 5) is 12.1. The van der Waals surface area contributed by atoms with E-state index < -0.39 is 0 Å². The fraction of sp³-hybridized carbons (Fsp3) is 0.143. The van der Waals surface area contributed by atoms with Crippen LogP contribution in [-0.4, -0.2) is 15.0 Å². The number of anilines is 1. The van der Waals surface area contributed by atoms with Gasteiger partial charge in [-0.25, -0.2) is 4.98 Å². The highest BCUT2D eigenvalue weighted by molar-refractivity contribution is 5.86. The Hall–Kier alpha value is -3.14. The van der Waals surface area contributed by atoms with Gasteiger partial charge in [0.25, 0.3) is 0 Å². The number of pyridine rings is 2. The summed E-state index contributed by atoms with van der Waals surface area (Å²) < 4.78 is 0. The fourth-order valence-electron chi connectivity index (χ4n) is 3.31. The van der Waals surface area contributed by atoms with E-state index in [0.29, 0.717) is 0 Å². The van der Waals surface area contributed by atoms with Crippen LogP contribution in [0.4, 0.5) is 5.82 Å². The zero-order chi connectivity index (χ0) is 17.2. The molecule has 0 aliphatic carbocycles. The summed E-state index contributed by atoms with van der Waals surface area (Å²) in [5, 5.41) is 4.84. The third-order valence-electron chi connectivity index (χ3n) is 4.48. The van der Waals surface area contributed by atoms with E-state index in [1.807, 2.05) is 24.7 Å². The third kappa shape index (κ3) is 2.98. The number of hydrogen-bond donors (Lipinski definition) is 2. The molecule has 0 aliphatic rings. The van der Waals surface area contributed by atoms with E-state index in [-0.39, 0.29) is 6.04 Å². The van der Waals surface area contributed by atoms with Crippen molar-refractivity contribution in [2.45, 2.75) is 19.9 Å². The molecule has 124 valence electrons. The Kier molecular flexibility index (Phi) is 3.94. The van der Waals surface area contributed by atoms with Gasteiger partial charge in [0.15, 0.2) is 0 Å². The zero-order valence-electron chi connectivity index (χ0n) is 14.3. The van der Waals surface area contributed by atoms with E-state index in [1.165, 1.54) is 16.5 Å². The van der Waals surface area contributed by atoms with Crippen molar-refractivity contribution >= 4 is 16.7 Å². The maximum atomic E-state index is 4.49. The molecule has 0 radical (unpaired) electrons. The predicted octanol–water partition coefficient (Wildman–Crippen LogP) is 4.78. The van der Waals surface area contributed by atoms with Crippen molar-refractivity contribution < 1.29 is 0 Å². The molecule has 0 fully saturated rings. The summed E-state index contributed by atoms with van der Waals surface area (Å²) in [7, 11) is 0. The minimum atomic E-state index is -0.00606. The molecule has 0 amide bonds. The molecule has 2 N–H and O–H groups in total. The molecule has 0 spiro atoms. The summed E-state index contributed by atoms with van der Waals surface area (Å²) in [6.45, 7) is 4.19. The first-order valence-corrected chi connectivity index (χ1v) is 8.38. The lowest BCUT2D eigenvalue weighted by molar-refractivity contribution is 0.916. The third-order valence-corrected chi connectivity index (χ3v) is 4.48. The minimum Gasteiger partial charge on any atom is -0.359 e.